The molecule has 2 aromatic heterocycles. The Morgan fingerprint density at radius 2 is 2.12 bits per heavy atom. The number of fused-ring (bicyclic) bond motifs is 1. The van der Waals surface area contributed by atoms with Crippen molar-refractivity contribution in [2.45, 2.75) is 51.1 Å². The number of amides is 1. The summed E-state index contributed by atoms with van der Waals surface area (Å²) in [6.45, 7) is 1.16. The van der Waals surface area contributed by atoms with Crippen molar-refractivity contribution >= 4 is 5.91 Å². The number of hydrogen-bond donors (Lipinski definition) is 1. The molecule has 6 heteroatoms. The van der Waals surface area contributed by atoms with Crippen molar-refractivity contribution in [1.29, 1.82) is 0 Å². The van der Waals surface area contributed by atoms with Gasteiger partial charge in [0.05, 0.1) is 17.0 Å². The highest BCUT2D eigenvalue weighted by molar-refractivity contribution is 5.98. The van der Waals surface area contributed by atoms with Gasteiger partial charge in [0.15, 0.2) is 0 Å². The quantitative estimate of drug-likeness (QED) is 0.897. The molecule has 0 spiro atoms. The van der Waals surface area contributed by atoms with Gasteiger partial charge in [-0.15, -0.1) is 0 Å². The summed E-state index contributed by atoms with van der Waals surface area (Å²) in [5.74, 6) is 0.784. The number of nitrogens with zero attached hydrogens (tertiary/aromatic N) is 4. The second-order valence-electron chi connectivity index (χ2n) is 7.63. The average Bonchev–Trinajstić information content (AvgIpc) is 3.24. The Bertz CT molecular complexity index is 793. The summed E-state index contributed by atoms with van der Waals surface area (Å²) in [5, 5.41) is 4.21. The molecule has 1 atom stereocenters. The lowest BCUT2D eigenvalue weighted by atomic mass is 9.84. The minimum Gasteiger partial charge on any atom is -0.330 e. The zero-order valence-electron chi connectivity index (χ0n) is 15.4. The molecule has 1 fully saturated rings. The molecule has 3 heterocycles. The van der Waals surface area contributed by atoms with Crippen LogP contribution in [0.1, 0.15) is 54.4 Å². The van der Waals surface area contributed by atoms with Crippen LogP contribution in [0.25, 0.3) is 11.4 Å². The smallest absolute Gasteiger partial charge is 0.256 e. The third-order valence-corrected chi connectivity index (χ3v) is 5.95. The molecule has 0 saturated heterocycles. The molecule has 1 unspecified atom stereocenters. The van der Waals surface area contributed by atoms with E-state index in [4.69, 9.17) is 5.73 Å². The van der Waals surface area contributed by atoms with Gasteiger partial charge in [-0.3, -0.25) is 14.5 Å². The first-order chi connectivity index (χ1) is 12.7. The maximum atomic E-state index is 12.9. The fraction of sp³-hybridized carbons (Fsp3) is 0.550. The van der Waals surface area contributed by atoms with Crippen LogP contribution in [0.15, 0.2) is 24.5 Å². The minimum atomic E-state index is 0.0790. The normalized spacial score (nSPS) is 19.0. The Morgan fingerprint density at radius 1 is 1.31 bits per heavy atom. The third kappa shape index (κ3) is 3.14. The average molecular weight is 353 g/mol. The highest BCUT2D eigenvalue weighted by Gasteiger charge is 2.34. The zero-order chi connectivity index (χ0) is 18.1. The molecule has 0 aromatic carbocycles. The van der Waals surface area contributed by atoms with Crippen LogP contribution in [0.4, 0.5) is 0 Å². The molecular weight excluding hydrogens is 326 g/mol. The molecule has 2 N–H and O–H groups in total. The fourth-order valence-corrected chi connectivity index (χ4v) is 4.45. The van der Waals surface area contributed by atoms with E-state index in [1.54, 1.807) is 17.1 Å². The van der Waals surface area contributed by atoms with Crippen LogP contribution < -0.4 is 5.73 Å². The predicted molar refractivity (Wildman–Crippen MR) is 100 cm³/mol. The second kappa shape index (κ2) is 7.19. The summed E-state index contributed by atoms with van der Waals surface area (Å²) in [5.41, 5.74) is 9.65. The van der Waals surface area contributed by atoms with Crippen LogP contribution in [0, 0.1) is 5.92 Å². The van der Waals surface area contributed by atoms with Gasteiger partial charge < -0.3 is 10.6 Å². The molecule has 1 aliphatic heterocycles. The van der Waals surface area contributed by atoms with E-state index >= 15 is 0 Å². The van der Waals surface area contributed by atoms with E-state index in [1.807, 2.05) is 24.1 Å². The number of nitrogens with two attached hydrogens (primary N) is 1. The number of aryl methyl sites for hydroxylation is 1. The number of carbonyl (C=O) groups is 1. The van der Waals surface area contributed by atoms with E-state index in [1.165, 1.54) is 32.1 Å². The van der Waals surface area contributed by atoms with E-state index in [2.05, 4.69) is 10.1 Å². The van der Waals surface area contributed by atoms with Gasteiger partial charge >= 0.3 is 0 Å². The van der Waals surface area contributed by atoms with Gasteiger partial charge in [0, 0.05) is 38.6 Å². The van der Waals surface area contributed by atoms with Crippen LogP contribution in [0.2, 0.25) is 0 Å². The lowest BCUT2D eigenvalue weighted by molar-refractivity contribution is 0.0674. The van der Waals surface area contributed by atoms with Gasteiger partial charge in [0.1, 0.15) is 0 Å². The van der Waals surface area contributed by atoms with Gasteiger partial charge in [-0.1, -0.05) is 32.1 Å². The Morgan fingerprint density at radius 3 is 2.81 bits per heavy atom. The molecule has 138 valence electrons. The molecule has 26 heavy (non-hydrogen) atoms. The zero-order valence-corrected chi connectivity index (χ0v) is 15.4. The van der Waals surface area contributed by atoms with Gasteiger partial charge in [-0.2, -0.15) is 5.10 Å². The SMILES string of the molecule is Cn1nccc1-c1cc2c(cn1)C(=O)N(C(CN)CC1CCCCC1)C2. The molecule has 2 aromatic rings. The van der Waals surface area contributed by atoms with Crippen molar-refractivity contribution in [3.8, 4) is 11.4 Å². The number of rotatable bonds is 5. The van der Waals surface area contributed by atoms with Crippen LogP contribution in [0.3, 0.4) is 0 Å². The van der Waals surface area contributed by atoms with E-state index in [0.29, 0.717) is 19.0 Å². The molecule has 1 saturated carbocycles. The first-order valence-corrected chi connectivity index (χ1v) is 9.65. The molecule has 4 rings (SSSR count). The molecule has 2 aliphatic rings. The Balaban J connectivity index is 1.53. The number of pyridine rings is 1. The molecule has 6 nitrogen and oxygen atoms in total. The summed E-state index contributed by atoms with van der Waals surface area (Å²) in [7, 11) is 1.90. The van der Waals surface area contributed by atoms with Gasteiger partial charge in [-0.25, -0.2) is 0 Å². The maximum Gasteiger partial charge on any atom is 0.256 e. The van der Waals surface area contributed by atoms with Crippen LogP contribution in [-0.2, 0) is 13.6 Å². The fourth-order valence-electron chi connectivity index (χ4n) is 4.45. The summed E-state index contributed by atoms with van der Waals surface area (Å²) in [4.78, 5) is 19.4. The first kappa shape index (κ1) is 17.2. The third-order valence-electron chi connectivity index (χ3n) is 5.95. The highest BCUT2D eigenvalue weighted by Crippen LogP contribution is 2.32. The van der Waals surface area contributed by atoms with Crippen molar-refractivity contribution < 1.29 is 4.79 Å². The number of aromatic nitrogens is 3. The molecule has 1 aliphatic carbocycles. The number of hydrogen-bond acceptors (Lipinski definition) is 4. The Labute approximate surface area is 154 Å². The van der Waals surface area contributed by atoms with Crippen molar-refractivity contribution in [3.05, 3.63) is 35.7 Å². The molecular formula is C20H27N5O. The van der Waals surface area contributed by atoms with E-state index in [0.717, 1.165) is 28.9 Å². The monoisotopic (exact) mass is 353 g/mol. The van der Waals surface area contributed by atoms with Gasteiger partial charge in [0.25, 0.3) is 5.91 Å². The lowest BCUT2D eigenvalue weighted by Gasteiger charge is -2.31. The van der Waals surface area contributed by atoms with E-state index < -0.39 is 0 Å². The molecule has 0 bridgehead atoms. The van der Waals surface area contributed by atoms with Gasteiger partial charge in [0.2, 0.25) is 0 Å². The molecule has 1 amide bonds. The predicted octanol–water partition coefficient (Wildman–Crippen LogP) is 2.74. The Hall–Kier alpha value is -2.21. The molecule has 0 radical (unpaired) electrons. The Kier molecular flexibility index (Phi) is 4.76. The lowest BCUT2D eigenvalue weighted by Crippen LogP contribution is -2.42. The maximum absolute atomic E-state index is 12.9. The van der Waals surface area contributed by atoms with E-state index in [-0.39, 0.29) is 11.9 Å². The van der Waals surface area contributed by atoms with Crippen LogP contribution >= 0.6 is 0 Å². The summed E-state index contributed by atoms with van der Waals surface area (Å²) < 4.78 is 1.80. The van der Waals surface area contributed by atoms with Crippen molar-refractivity contribution in [1.82, 2.24) is 19.7 Å². The minimum absolute atomic E-state index is 0.0790. The second-order valence-corrected chi connectivity index (χ2v) is 7.63. The summed E-state index contributed by atoms with van der Waals surface area (Å²) >= 11 is 0. The largest absolute Gasteiger partial charge is 0.330 e. The van der Waals surface area contributed by atoms with Crippen molar-refractivity contribution in [2.75, 3.05) is 6.54 Å². The standard InChI is InChI=1S/C20H27N5O/c1-24-19(7-8-23-24)18-10-15-13-25(20(26)17(15)12-22-18)16(11-21)9-14-5-3-2-4-6-14/h7-8,10,12,14,16H,2-6,9,11,13,21H2,1H3. The topological polar surface area (TPSA) is 77.0 Å². The van der Waals surface area contributed by atoms with Crippen molar-refractivity contribution in [3.63, 3.8) is 0 Å². The van der Waals surface area contributed by atoms with Crippen molar-refractivity contribution in [2.24, 2.45) is 18.7 Å². The summed E-state index contributed by atoms with van der Waals surface area (Å²) in [6, 6.07) is 4.09. The highest BCUT2D eigenvalue weighted by atomic mass is 16.2. The first-order valence-electron chi connectivity index (χ1n) is 9.65. The van der Waals surface area contributed by atoms with E-state index in [9.17, 15) is 4.79 Å². The van der Waals surface area contributed by atoms with Crippen LogP contribution in [0.5, 0.6) is 0 Å². The van der Waals surface area contributed by atoms with Gasteiger partial charge in [-0.05, 0) is 30.0 Å². The van der Waals surface area contributed by atoms with Crippen LogP contribution in [-0.4, -0.2) is 38.2 Å². The summed E-state index contributed by atoms with van der Waals surface area (Å²) in [6.07, 6.45) is 11.0. The number of carbonyl (C=O) groups excluding carboxylic acids is 1.